The first-order valence-corrected chi connectivity index (χ1v) is 6.58. The van der Waals surface area contributed by atoms with Crippen LogP contribution in [0.1, 0.15) is 58.3 Å². The van der Waals surface area contributed by atoms with Crippen molar-refractivity contribution in [2.75, 3.05) is 6.61 Å². The molecule has 3 atom stereocenters. The van der Waals surface area contributed by atoms with Crippen LogP contribution in [0, 0.1) is 5.92 Å². The van der Waals surface area contributed by atoms with E-state index in [0.717, 1.165) is 12.5 Å². The molecule has 2 heteroatoms. The molecule has 2 nitrogen and oxygen atoms in total. The zero-order chi connectivity index (χ0) is 10.7. The summed E-state index contributed by atoms with van der Waals surface area (Å²) in [5, 5.41) is 0. The van der Waals surface area contributed by atoms with Gasteiger partial charge in [0.2, 0.25) is 0 Å². The topological polar surface area (TPSA) is 35.2 Å². The second kappa shape index (κ2) is 4.84. The van der Waals surface area contributed by atoms with Gasteiger partial charge in [0, 0.05) is 12.1 Å². The first-order valence-electron chi connectivity index (χ1n) is 6.58. The fraction of sp³-hybridized carbons (Fsp3) is 1.00. The molecule has 15 heavy (non-hydrogen) atoms. The Balaban J connectivity index is 1.64. The van der Waals surface area contributed by atoms with Crippen molar-refractivity contribution in [3.63, 3.8) is 0 Å². The van der Waals surface area contributed by atoms with Gasteiger partial charge in [-0.3, -0.25) is 0 Å². The highest BCUT2D eigenvalue weighted by Gasteiger charge is 2.33. The van der Waals surface area contributed by atoms with Crippen molar-refractivity contribution in [3.8, 4) is 0 Å². The minimum absolute atomic E-state index is 0.165. The largest absolute Gasteiger partial charge is 0.378 e. The third kappa shape index (κ3) is 3.18. The van der Waals surface area contributed by atoms with E-state index in [9.17, 15) is 0 Å². The van der Waals surface area contributed by atoms with Gasteiger partial charge in [-0.2, -0.15) is 0 Å². The Morgan fingerprint density at radius 2 is 2.27 bits per heavy atom. The van der Waals surface area contributed by atoms with Crippen molar-refractivity contribution in [2.45, 2.75) is 69.9 Å². The first-order chi connectivity index (χ1) is 7.18. The molecule has 2 fully saturated rings. The molecular weight excluding hydrogens is 186 g/mol. The van der Waals surface area contributed by atoms with Gasteiger partial charge in [0.15, 0.2) is 0 Å². The van der Waals surface area contributed by atoms with Gasteiger partial charge in [-0.25, -0.2) is 0 Å². The Labute approximate surface area is 93.6 Å². The molecule has 0 aromatic carbocycles. The molecule has 1 saturated heterocycles. The van der Waals surface area contributed by atoms with E-state index >= 15 is 0 Å². The van der Waals surface area contributed by atoms with Gasteiger partial charge in [0.1, 0.15) is 0 Å². The van der Waals surface area contributed by atoms with Crippen molar-refractivity contribution in [2.24, 2.45) is 11.7 Å². The number of ether oxygens (including phenoxy) is 1. The van der Waals surface area contributed by atoms with E-state index < -0.39 is 0 Å². The Hall–Kier alpha value is -0.0800. The maximum atomic E-state index is 6.39. The number of hydrogen-bond donors (Lipinski definition) is 1. The van der Waals surface area contributed by atoms with Crippen molar-refractivity contribution < 1.29 is 4.74 Å². The molecule has 0 bridgehead atoms. The molecular formula is C13H25NO. The fourth-order valence-corrected chi connectivity index (χ4v) is 3.21. The molecule has 1 aliphatic heterocycles. The lowest BCUT2D eigenvalue weighted by Gasteiger charge is -2.24. The molecule has 3 unspecified atom stereocenters. The van der Waals surface area contributed by atoms with E-state index in [4.69, 9.17) is 10.5 Å². The summed E-state index contributed by atoms with van der Waals surface area (Å²) in [5.74, 6) is 0.845. The van der Waals surface area contributed by atoms with Crippen LogP contribution < -0.4 is 5.73 Å². The van der Waals surface area contributed by atoms with Crippen LogP contribution in [0.5, 0.6) is 0 Å². The molecule has 88 valence electrons. The lowest BCUT2D eigenvalue weighted by molar-refractivity contribution is 0.100. The van der Waals surface area contributed by atoms with Gasteiger partial charge in [0.05, 0.1) is 6.10 Å². The van der Waals surface area contributed by atoms with E-state index in [-0.39, 0.29) is 5.54 Å². The summed E-state index contributed by atoms with van der Waals surface area (Å²) in [7, 11) is 0. The van der Waals surface area contributed by atoms with Crippen molar-refractivity contribution in [3.05, 3.63) is 0 Å². The second-order valence-corrected chi connectivity index (χ2v) is 5.74. The Morgan fingerprint density at radius 1 is 1.40 bits per heavy atom. The maximum absolute atomic E-state index is 6.39. The maximum Gasteiger partial charge on any atom is 0.0576 e. The summed E-state index contributed by atoms with van der Waals surface area (Å²) in [6.07, 6.45) is 10.6. The van der Waals surface area contributed by atoms with Gasteiger partial charge in [-0.1, -0.05) is 6.92 Å². The minimum atomic E-state index is 0.165. The molecule has 1 heterocycles. The van der Waals surface area contributed by atoms with Gasteiger partial charge >= 0.3 is 0 Å². The molecule has 0 spiro atoms. The smallest absolute Gasteiger partial charge is 0.0576 e. The highest BCUT2D eigenvalue weighted by molar-refractivity contribution is 4.92. The molecule has 1 saturated carbocycles. The van der Waals surface area contributed by atoms with Crippen LogP contribution in [0.15, 0.2) is 0 Å². The van der Waals surface area contributed by atoms with Crippen LogP contribution in [0.2, 0.25) is 0 Å². The molecule has 0 radical (unpaired) electrons. The van der Waals surface area contributed by atoms with E-state index in [1.165, 1.54) is 51.4 Å². The summed E-state index contributed by atoms with van der Waals surface area (Å²) in [6, 6.07) is 0. The monoisotopic (exact) mass is 211 g/mol. The summed E-state index contributed by atoms with van der Waals surface area (Å²) in [6.45, 7) is 3.31. The second-order valence-electron chi connectivity index (χ2n) is 5.74. The Bertz CT molecular complexity index is 201. The quantitative estimate of drug-likeness (QED) is 0.776. The lowest BCUT2D eigenvalue weighted by atomic mass is 9.90. The molecule has 0 aromatic rings. The van der Waals surface area contributed by atoms with Crippen molar-refractivity contribution >= 4 is 0 Å². The average molecular weight is 211 g/mol. The van der Waals surface area contributed by atoms with Crippen LogP contribution >= 0.6 is 0 Å². The molecule has 0 aromatic heterocycles. The standard InChI is InChI=1S/C13H25NO/c1-11-6-8-13(14,10-11)7-2-4-12-5-3-9-15-12/h11-12H,2-10,14H2,1H3. The fourth-order valence-electron chi connectivity index (χ4n) is 3.21. The van der Waals surface area contributed by atoms with Crippen molar-refractivity contribution in [1.82, 2.24) is 0 Å². The van der Waals surface area contributed by atoms with E-state index in [2.05, 4.69) is 6.92 Å². The summed E-state index contributed by atoms with van der Waals surface area (Å²) in [5.41, 5.74) is 6.56. The Kier molecular flexibility index (Phi) is 3.68. The van der Waals surface area contributed by atoms with E-state index in [0.29, 0.717) is 6.10 Å². The van der Waals surface area contributed by atoms with Gasteiger partial charge in [0.25, 0.3) is 0 Å². The van der Waals surface area contributed by atoms with Gasteiger partial charge in [-0.05, 0) is 57.3 Å². The average Bonchev–Trinajstić information content (AvgIpc) is 2.77. The third-order valence-corrected chi connectivity index (χ3v) is 4.11. The zero-order valence-electron chi connectivity index (χ0n) is 10.0. The molecule has 2 N–H and O–H groups in total. The third-order valence-electron chi connectivity index (χ3n) is 4.11. The number of hydrogen-bond acceptors (Lipinski definition) is 2. The van der Waals surface area contributed by atoms with Gasteiger partial charge in [-0.15, -0.1) is 0 Å². The van der Waals surface area contributed by atoms with Crippen LogP contribution in [0.3, 0.4) is 0 Å². The molecule has 2 rings (SSSR count). The van der Waals surface area contributed by atoms with Crippen LogP contribution in [0.4, 0.5) is 0 Å². The minimum Gasteiger partial charge on any atom is -0.378 e. The number of rotatable bonds is 4. The molecule has 1 aliphatic carbocycles. The summed E-state index contributed by atoms with van der Waals surface area (Å²) < 4.78 is 5.63. The molecule has 2 aliphatic rings. The van der Waals surface area contributed by atoms with Crippen LogP contribution in [-0.2, 0) is 4.74 Å². The lowest BCUT2D eigenvalue weighted by Crippen LogP contribution is -2.36. The van der Waals surface area contributed by atoms with E-state index in [1.807, 2.05) is 0 Å². The normalized spacial score (nSPS) is 41.2. The highest BCUT2D eigenvalue weighted by Crippen LogP contribution is 2.36. The first kappa shape index (κ1) is 11.4. The molecule has 0 amide bonds. The van der Waals surface area contributed by atoms with E-state index in [1.54, 1.807) is 0 Å². The van der Waals surface area contributed by atoms with Crippen LogP contribution in [0.25, 0.3) is 0 Å². The summed E-state index contributed by atoms with van der Waals surface area (Å²) in [4.78, 5) is 0. The Morgan fingerprint density at radius 3 is 2.87 bits per heavy atom. The van der Waals surface area contributed by atoms with Crippen molar-refractivity contribution in [1.29, 1.82) is 0 Å². The SMILES string of the molecule is CC1CCC(N)(CCCC2CCCO2)C1. The predicted molar refractivity (Wildman–Crippen MR) is 62.8 cm³/mol. The highest BCUT2D eigenvalue weighted by atomic mass is 16.5. The zero-order valence-corrected chi connectivity index (χ0v) is 10.0. The summed E-state index contributed by atoms with van der Waals surface area (Å²) >= 11 is 0. The number of nitrogens with two attached hydrogens (primary N) is 1. The predicted octanol–water partition coefficient (Wildman–Crippen LogP) is 2.85. The van der Waals surface area contributed by atoms with Crippen LogP contribution in [-0.4, -0.2) is 18.2 Å². The van der Waals surface area contributed by atoms with Gasteiger partial charge < -0.3 is 10.5 Å².